The molecule has 1 amide bonds. The van der Waals surface area contributed by atoms with Crippen LogP contribution in [0.5, 0.6) is 0 Å². The van der Waals surface area contributed by atoms with E-state index in [1.54, 1.807) is 17.9 Å². The van der Waals surface area contributed by atoms with Crippen LogP contribution in [0.15, 0.2) is 20.5 Å². The standard InChI is InChI=1S/C21H22BrN3O4S/c1-4-28-21(27)17-14-7-5-6-8-16(14)30-19(17)24-18(26)12(11-23)9-13-10-15(22)20(29-13)25(2)3/h9-10H,4-8H2,1-3H3,(H,24,26)/b12-9+. The van der Waals surface area contributed by atoms with E-state index in [1.807, 2.05) is 20.2 Å². The third-order valence-electron chi connectivity index (χ3n) is 4.62. The Labute approximate surface area is 187 Å². The number of thiophene rings is 1. The number of halogens is 1. The normalized spacial score (nSPS) is 13.4. The fourth-order valence-electron chi connectivity index (χ4n) is 3.29. The van der Waals surface area contributed by atoms with Gasteiger partial charge in [-0.2, -0.15) is 5.26 Å². The van der Waals surface area contributed by atoms with Crippen molar-refractivity contribution in [1.82, 2.24) is 0 Å². The lowest BCUT2D eigenvalue weighted by Gasteiger charge is -2.12. The van der Waals surface area contributed by atoms with Gasteiger partial charge in [-0.3, -0.25) is 4.79 Å². The molecule has 0 atom stereocenters. The molecule has 0 saturated carbocycles. The number of furan rings is 1. The summed E-state index contributed by atoms with van der Waals surface area (Å²) in [6, 6.07) is 3.60. The number of aryl methyl sites for hydroxylation is 1. The first kappa shape index (κ1) is 22.1. The average Bonchev–Trinajstić information content (AvgIpc) is 3.25. The molecule has 7 nitrogen and oxygen atoms in total. The van der Waals surface area contributed by atoms with Crippen molar-refractivity contribution in [1.29, 1.82) is 5.26 Å². The largest absolute Gasteiger partial charge is 0.462 e. The van der Waals surface area contributed by atoms with Crippen molar-refractivity contribution < 1.29 is 18.7 Å². The number of esters is 1. The van der Waals surface area contributed by atoms with Gasteiger partial charge >= 0.3 is 5.97 Å². The summed E-state index contributed by atoms with van der Waals surface area (Å²) in [5, 5.41) is 12.7. The van der Waals surface area contributed by atoms with Crippen molar-refractivity contribution in [3.63, 3.8) is 0 Å². The molecule has 2 aromatic rings. The molecule has 0 radical (unpaired) electrons. The number of amides is 1. The van der Waals surface area contributed by atoms with Gasteiger partial charge < -0.3 is 19.4 Å². The van der Waals surface area contributed by atoms with Gasteiger partial charge in [0.2, 0.25) is 5.88 Å². The van der Waals surface area contributed by atoms with Crippen LogP contribution in [-0.4, -0.2) is 32.6 Å². The lowest BCUT2D eigenvalue weighted by atomic mass is 9.95. The predicted octanol–water partition coefficient (Wildman–Crippen LogP) is 4.77. The lowest BCUT2D eigenvalue weighted by Crippen LogP contribution is -2.16. The second kappa shape index (κ2) is 9.49. The number of carbonyl (C=O) groups excluding carboxylic acids is 2. The Morgan fingerprint density at radius 1 is 1.40 bits per heavy atom. The molecule has 9 heteroatoms. The molecule has 0 saturated heterocycles. The molecule has 0 spiro atoms. The van der Waals surface area contributed by atoms with Crippen LogP contribution in [0.2, 0.25) is 0 Å². The van der Waals surface area contributed by atoms with Crippen LogP contribution in [0.4, 0.5) is 10.9 Å². The number of rotatable bonds is 6. The Hall–Kier alpha value is -2.57. The van der Waals surface area contributed by atoms with Crippen molar-refractivity contribution in [3.8, 4) is 6.07 Å². The van der Waals surface area contributed by atoms with Crippen LogP contribution >= 0.6 is 27.3 Å². The molecular formula is C21H22BrN3O4S. The van der Waals surface area contributed by atoms with Gasteiger partial charge in [0.15, 0.2) is 0 Å². The number of carbonyl (C=O) groups is 2. The number of nitrogens with zero attached hydrogens (tertiary/aromatic N) is 2. The monoisotopic (exact) mass is 491 g/mol. The summed E-state index contributed by atoms with van der Waals surface area (Å²) >= 11 is 4.78. The third-order valence-corrected chi connectivity index (χ3v) is 6.40. The minimum Gasteiger partial charge on any atom is -0.462 e. The third kappa shape index (κ3) is 4.60. The topological polar surface area (TPSA) is 95.6 Å². The highest BCUT2D eigenvalue weighted by Gasteiger charge is 2.28. The average molecular weight is 492 g/mol. The number of nitrogens with one attached hydrogen (secondary N) is 1. The summed E-state index contributed by atoms with van der Waals surface area (Å²) in [5.74, 6) is -0.0938. The van der Waals surface area contributed by atoms with Gasteiger partial charge in [-0.05, 0) is 54.1 Å². The van der Waals surface area contributed by atoms with Crippen molar-refractivity contribution in [2.45, 2.75) is 32.6 Å². The molecule has 30 heavy (non-hydrogen) atoms. The molecular weight excluding hydrogens is 470 g/mol. The summed E-state index contributed by atoms with van der Waals surface area (Å²) in [6.07, 6.45) is 5.08. The Morgan fingerprint density at radius 3 is 2.77 bits per heavy atom. The van der Waals surface area contributed by atoms with Crippen molar-refractivity contribution in [2.24, 2.45) is 0 Å². The highest BCUT2D eigenvalue weighted by Crippen LogP contribution is 2.39. The predicted molar refractivity (Wildman–Crippen MR) is 120 cm³/mol. The van der Waals surface area contributed by atoms with E-state index in [9.17, 15) is 14.9 Å². The SMILES string of the molecule is CCOC(=O)c1c(NC(=O)/C(C#N)=C/c2cc(Br)c(N(C)C)o2)sc2c1CCCC2. The number of fused-ring (bicyclic) bond motifs is 1. The van der Waals surface area contributed by atoms with Crippen molar-refractivity contribution >= 4 is 56.1 Å². The number of nitriles is 1. The van der Waals surface area contributed by atoms with Gasteiger partial charge in [0.25, 0.3) is 5.91 Å². The Kier molecular flexibility index (Phi) is 7.00. The molecule has 3 rings (SSSR count). The zero-order chi connectivity index (χ0) is 21.8. The Balaban J connectivity index is 1.90. The molecule has 2 heterocycles. The minimum atomic E-state index is -0.597. The summed E-state index contributed by atoms with van der Waals surface area (Å²) in [7, 11) is 3.65. The maximum atomic E-state index is 12.8. The van der Waals surface area contributed by atoms with Gasteiger partial charge in [-0.15, -0.1) is 11.3 Å². The van der Waals surface area contributed by atoms with Crippen molar-refractivity contribution in [3.05, 3.63) is 37.9 Å². The first-order chi connectivity index (χ1) is 14.3. The summed E-state index contributed by atoms with van der Waals surface area (Å²) < 4.78 is 11.6. The zero-order valence-electron chi connectivity index (χ0n) is 17.0. The first-order valence-electron chi connectivity index (χ1n) is 9.57. The minimum absolute atomic E-state index is 0.122. The van der Waals surface area contributed by atoms with Crippen LogP contribution in [0.3, 0.4) is 0 Å². The summed E-state index contributed by atoms with van der Waals surface area (Å²) in [6.45, 7) is 2.00. The summed E-state index contributed by atoms with van der Waals surface area (Å²) in [5.41, 5.74) is 1.24. The molecule has 0 fully saturated rings. The maximum absolute atomic E-state index is 12.8. The van der Waals surface area contributed by atoms with E-state index in [0.717, 1.165) is 36.1 Å². The number of anilines is 2. The highest BCUT2D eigenvalue weighted by molar-refractivity contribution is 9.10. The van der Waals surface area contributed by atoms with Gasteiger partial charge in [-0.1, -0.05) is 0 Å². The zero-order valence-corrected chi connectivity index (χ0v) is 19.4. The molecule has 2 aromatic heterocycles. The second-order valence-electron chi connectivity index (χ2n) is 6.96. The quantitative estimate of drug-likeness (QED) is 0.355. The fraction of sp³-hybridized carbons (Fsp3) is 0.381. The van der Waals surface area contributed by atoms with E-state index < -0.39 is 11.9 Å². The van der Waals surface area contributed by atoms with E-state index in [-0.39, 0.29) is 12.2 Å². The molecule has 1 aliphatic rings. The molecule has 0 aliphatic heterocycles. The summed E-state index contributed by atoms with van der Waals surface area (Å²) in [4.78, 5) is 28.2. The van der Waals surface area contributed by atoms with Crippen LogP contribution in [0.1, 0.15) is 46.3 Å². The molecule has 1 aliphatic carbocycles. The van der Waals surface area contributed by atoms with Crippen LogP contribution in [-0.2, 0) is 22.4 Å². The number of hydrogen-bond donors (Lipinski definition) is 1. The number of hydrogen-bond acceptors (Lipinski definition) is 7. The smallest absolute Gasteiger partial charge is 0.341 e. The van der Waals surface area contributed by atoms with Crippen LogP contribution < -0.4 is 10.2 Å². The fourth-order valence-corrected chi connectivity index (χ4v) is 5.22. The van der Waals surface area contributed by atoms with E-state index >= 15 is 0 Å². The molecule has 1 N–H and O–H groups in total. The lowest BCUT2D eigenvalue weighted by molar-refractivity contribution is -0.112. The molecule has 158 valence electrons. The maximum Gasteiger partial charge on any atom is 0.341 e. The molecule has 0 unspecified atom stereocenters. The molecule has 0 bridgehead atoms. The van der Waals surface area contributed by atoms with E-state index in [4.69, 9.17) is 9.15 Å². The van der Waals surface area contributed by atoms with E-state index in [1.165, 1.54) is 17.4 Å². The Bertz CT molecular complexity index is 1050. The second-order valence-corrected chi connectivity index (χ2v) is 8.92. The van der Waals surface area contributed by atoms with Crippen LogP contribution in [0, 0.1) is 11.3 Å². The van der Waals surface area contributed by atoms with Gasteiger partial charge in [0.1, 0.15) is 22.4 Å². The number of ether oxygens (including phenoxy) is 1. The van der Waals surface area contributed by atoms with E-state index in [2.05, 4.69) is 21.2 Å². The van der Waals surface area contributed by atoms with Gasteiger partial charge in [-0.25, -0.2) is 4.79 Å². The highest BCUT2D eigenvalue weighted by atomic mass is 79.9. The van der Waals surface area contributed by atoms with Gasteiger partial charge in [0.05, 0.1) is 16.6 Å². The van der Waals surface area contributed by atoms with Gasteiger partial charge in [0, 0.05) is 31.1 Å². The van der Waals surface area contributed by atoms with Crippen LogP contribution in [0.25, 0.3) is 6.08 Å². The molecule has 0 aromatic carbocycles. The van der Waals surface area contributed by atoms with E-state index in [0.29, 0.717) is 26.7 Å². The van der Waals surface area contributed by atoms with Crippen molar-refractivity contribution in [2.75, 3.05) is 30.9 Å². The Morgan fingerprint density at radius 2 is 2.13 bits per heavy atom. The first-order valence-corrected chi connectivity index (χ1v) is 11.2.